The second-order valence-electron chi connectivity index (χ2n) is 9.50. The van der Waals surface area contributed by atoms with Crippen LogP contribution in [-0.4, -0.2) is 83.7 Å². The van der Waals surface area contributed by atoms with E-state index in [1.165, 1.54) is 16.7 Å². The molecule has 2 aliphatic heterocycles. The van der Waals surface area contributed by atoms with E-state index in [2.05, 4.69) is 52.8 Å². The minimum Gasteiger partial charge on any atom is -0.388 e. The first kappa shape index (κ1) is 24.0. The molecule has 0 aliphatic carbocycles. The molecule has 0 spiro atoms. The summed E-state index contributed by atoms with van der Waals surface area (Å²) in [4.78, 5) is 19.3. The van der Waals surface area contributed by atoms with Crippen molar-refractivity contribution in [1.82, 2.24) is 14.7 Å². The molecule has 0 bridgehead atoms. The van der Waals surface area contributed by atoms with E-state index in [-0.39, 0.29) is 5.78 Å². The lowest BCUT2D eigenvalue weighted by atomic mass is 10.0. The van der Waals surface area contributed by atoms with E-state index in [9.17, 15) is 4.79 Å². The first-order valence-corrected chi connectivity index (χ1v) is 12.1. The number of hydrogen-bond acceptors (Lipinski definition) is 6. The van der Waals surface area contributed by atoms with Gasteiger partial charge in [0.15, 0.2) is 5.78 Å². The SMILES string of the molecule is C[C@@H]1CN(Cc2ccc(C(=O)CO)cc2)C[C@H](C)N1Cc1ccccc1CN1CCOCC1. The molecule has 0 radical (unpaired) electrons. The lowest BCUT2D eigenvalue weighted by Crippen LogP contribution is -2.55. The first-order chi connectivity index (χ1) is 16.0. The Kier molecular flexibility index (Phi) is 8.28. The highest BCUT2D eigenvalue weighted by Gasteiger charge is 2.30. The Labute approximate surface area is 197 Å². The summed E-state index contributed by atoms with van der Waals surface area (Å²) in [5, 5.41) is 9.04. The van der Waals surface area contributed by atoms with Gasteiger partial charge in [-0.05, 0) is 30.5 Å². The van der Waals surface area contributed by atoms with Crippen molar-refractivity contribution >= 4 is 5.78 Å². The molecule has 2 aromatic carbocycles. The third-order valence-electron chi connectivity index (χ3n) is 6.97. The van der Waals surface area contributed by atoms with E-state index in [0.717, 1.165) is 59.0 Å². The smallest absolute Gasteiger partial charge is 0.188 e. The minimum absolute atomic E-state index is 0.230. The van der Waals surface area contributed by atoms with Gasteiger partial charge in [-0.1, -0.05) is 48.5 Å². The molecule has 0 unspecified atom stereocenters. The van der Waals surface area contributed by atoms with Crippen molar-refractivity contribution in [2.24, 2.45) is 0 Å². The standard InChI is InChI=1S/C27H37N3O3/c1-21-15-29(17-23-7-9-24(10-8-23)27(32)20-31)16-22(2)30(21)19-26-6-4-3-5-25(26)18-28-11-13-33-14-12-28/h3-10,21-22,31H,11-20H2,1-2H3/t21-,22+. The Balaban J connectivity index is 1.36. The maximum absolute atomic E-state index is 11.6. The van der Waals surface area contributed by atoms with Crippen LogP contribution in [0.15, 0.2) is 48.5 Å². The van der Waals surface area contributed by atoms with Gasteiger partial charge in [-0.2, -0.15) is 0 Å². The van der Waals surface area contributed by atoms with Crippen LogP contribution in [0.3, 0.4) is 0 Å². The van der Waals surface area contributed by atoms with Gasteiger partial charge in [0.25, 0.3) is 0 Å². The second kappa shape index (κ2) is 11.4. The quantitative estimate of drug-likeness (QED) is 0.623. The number of ether oxygens (including phenoxy) is 1. The normalized spacial score (nSPS) is 23.0. The molecule has 2 aromatic rings. The zero-order valence-electron chi connectivity index (χ0n) is 19.9. The molecule has 2 saturated heterocycles. The summed E-state index contributed by atoms with van der Waals surface area (Å²) in [5.41, 5.74) is 4.63. The van der Waals surface area contributed by atoms with Gasteiger partial charge in [0, 0.05) is 63.5 Å². The maximum Gasteiger partial charge on any atom is 0.188 e. The summed E-state index contributed by atoms with van der Waals surface area (Å²) in [6, 6.07) is 17.5. The van der Waals surface area contributed by atoms with Crippen LogP contribution >= 0.6 is 0 Å². The predicted octanol–water partition coefficient (Wildman–Crippen LogP) is 2.79. The number of rotatable bonds is 8. The van der Waals surface area contributed by atoms with Gasteiger partial charge < -0.3 is 9.84 Å². The predicted molar refractivity (Wildman–Crippen MR) is 130 cm³/mol. The van der Waals surface area contributed by atoms with Crippen molar-refractivity contribution in [1.29, 1.82) is 0 Å². The molecule has 2 fully saturated rings. The molecule has 33 heavy (non-hydrogen) atoms. The average molecular weight is 452 g/mol. The Bertz CT molecular complexity index is 899. The van der Waals surface area contributed by atoms with Crippen LogP contribution in [0.1, 0.15) is 40.9 Å². The van der Waals surface area contributed by atoms with E-state index in [4.69, 9.17) is 9.84 Å². The molecule has 2 aliphatic rings. The molecule has 0 aromatic heterocycles. The van der Waals surface area contributed by atoms with Crippen molar-refractivity contribution < 1.29 is 14.6 Å². The Morgan fingerprint density at radius 2 is 1.48 bits per heavy atom. The fourth-order valence-corrected chi connectivity index (χ4v) is 5.12. The topological polar surface area (TPSA) is 56.3 Å². The number of aliphatic hydroxyl groups is 1. The maximum atomic E-state index is 11.6. The summed E-state index contributed by atoms with van der Waals surface area (Å²) < 4.78 is 5.51. The molecule has 0 saturated carbocycles. The number of ketones is 1. The fraction of sp³-hybridized carbons (Fsp3) is 0.519. The first-order valence-electron chi connectivity index (χ1n) is 12.1. The van der Waals surface area contributed by atoms with Gasteiger partial charge >= 0.3 is 0 Å². The molecule has 4 rings (SSSR count). The van der Waals surface area contributed by atoms with Gasteiger partial charge in [-0.15, -0.1) is 0 Å². The molecular formula is C27H37N3O3. The number of aliphatic hydroxyl groups excluding tert-OH is 1. The summed E-state index contributed by atoms with van der Waals surface area (Å²) in [7, 11) is 0. The highest BCUT2D eigenvalue weighted by molar-refractivity contribution is 5.96. The van der Waals surface area contributed by atoms with Crippen LogP contribution in [0.25, 0.3) is 0 Å². The molecule has 0 amide bonds. The Morgan fingerprint density at radius 3 is 2.09 bits per heavy atom. The van der Waals surface area contributed by atoms with Crippen molar-refractivity contribution in [2.75, 3.05) is 46.0 Å². The monoisotopic (exact) mass is 451 g/mol. The Hall–Kier alpha value is -2.09. The highest BCUT2D eigenvalue weighted by Crippen LogP contribution is 2.23. The van der Waals surface area contributed by atoms with E-state index in [0.29, 0.717) is 17.6 Å². The number of carbonyl (C=O) groups is 1. The number of piperazine rings is 1. The van der Waals surface area contributed by atoms with Crippen LogP contribution < -0.4 is 0 Å². The van der Waals surface area contributed by atoms with Crippen LogP contribution in [0, 0.1) is 0 Å². The minimum atomic E-state index is -0.439. The van der Waals surface area contributed by atoms with Gasteiger partial charge in [0.05, 0.1) is 13.2 Å². The molecule has 2 atom stereocenters. The molecular weight excluding hydrogens is 414 g/mol. The summed E-state index contributed by atoms with van der Waals surface area (Å²) in [6.07, 6.45) is 0. The Morgan fingerprint density at radius 1 is 0.879 bits per heavy atom. The zero-order valence-corrected chi connectivity index (χ0v) is 19.9. The summed E-state index contributed by atoms with van der Waals surface area (Å²) in [5.74, 6) is -0.230. The fourth-order valence-electron chi connectivity index (χ4n) is 5.12. The van der Waals surface area contributed by atoms with Gasteiger partial charge in [0.1, 0.15) is 6.61 Å². The van der Waals surface area contributed by atoms with E-state index in [1.807, 2.05) is 24.3 Å². The van der Waals surface area contributed by atoms with Gasteiger partial charge in [0.2, 0.25) is 0 Å². The summed E-state index contributed by atoms with van der Waals surface area (Å²) >= 11 is 0. The molecule has 1 N–H and O–H groups in total. The molecule has 178 valence electrons. The molecule has 2 heterocycles. The number of carbonyl (C=O) groups excluding carboxylic acids is 1. The number of morpholine rings is 1. The number of benzene rings is 2. The largest absolute Gasteiger partial charge is 0.388 e. The van der Waals surface area contributed by atoms with Crippen LogP contribution in [-0.2, 0) is 24.4 Å². The zero-order chi connectivity index (χ0) is 23.2. The van der Waals surface area contributed by atoms with Crippen molar-refractivity contribution in [2.45, 2.75) is 45.6 Å². The third kappa shape index (κ3) is 6.28. The van der Waals surface area contributed by atoms with Gasteiger partial charge in [-0.3, -0.25) is 19.5 Å². The average Bonchev–Trinajstić information content (AvgIpc) is 2.83. The lowest BCUT2D eigenvalue weighted by molar-refractivity contribution is 0.0268. The van der Waals surface area contributed by atoms with Crippen LogP contribution in [0.4, 0.5) is 0 Å². The van der Waals surface area contributed by atoms with E-state index in [1.54, 1.807) is 0 Å². The van der Waals surface area contributed by atoms with Crippen LogP contribution in [0.2, 0.25) is 0 Å². The molecule has 6 nitrogen and oxygen atoms in total. The number of hydrogen-bond donors (Lipinski definition) is 1. The summed E-state index contributed by atoms with van der Waals surface area (Å²) in [6.45, 7) is 12.8. The van der Waals surface area contributed by atoms with E-state index < -0.39 is 6.61 Å². The van der Waals surface area contributed by atoms with Crippen molar-refractivity contribution in [3.8, 4) is 0 Å². The number of nitrogens with zero attached hydrogens (tertiary/aromatic N) is 3. The second-order valence-corrected chi connectivity index (χ2v) is 9.50. The van der Waals surface area contributed by atoms with Gasteiger partial charge in [-0.25, -0.2) is 0 Å². The van der Waals surface area contributed by atoms with Crippen molar-refractivity contribution in [3.05, 3.63) is 70.8 Å². The van der Waals surface area contributed by atoms with E-state index >= 15 is 0 Å². The lowest BCUT2D eigenvalue weighted by Gasteiger charge is -2.45. The molecule has 6 heteroatoms. The highest BCUT2D eigenvalue weighted by atomic mass is 16.5. The van der Waals surface area contributed by atoms with Crippen LogP contribution in [0.5, 0.6) is 0 Å². The third-order valence-corrected chi connectivity index (χ3v) is 6.97. The number of Topliss-reactive ketones (excluding diaryl/α,β-unsaturated/α-hetero) is 1. The van der Waals surface area contributed by atoms with Crippen molar-refractivity contribution in [3.63, 3.8) is 0 Å².